The topological polar surface area (TPSA) is 75.7 Å². The molecule has 1 saturated carbocycles. The highest BCUT2D eigenvalue weighted by molar-refractivity contribution is 7.89. The zero-order valence-corrected chi connectivity index (χ0v) is 17.4. The van der Waals surface area contributed by atoms with Crippen LogP contribution in [0, 0.1) is 0 Å². The molecule has 2 aromatic carbocycles. The van der Waals surface area contributed by atoms with Crippen molar-refractivity contribution in [3.05, 3.63) is 54.1 Å². The molecule has 1 amide bonds. The maximum Gasteiger partial charge on any atom is 0.246 e. The summed E-state index contributed by atoms with van der Waals surface area (Å²) in [5, 5.41) is 2.93. The van der Waals surface area contributed by atoms with E-state index >= 15 is 0 Å². The van der Waals surface area contributed by atoms with Crippen LogP contribution in [0.25, 0.3) is 0 Å². The predicted molar refractivity (Wildman–Crippen MR) is 112 cm³/mol. The molecule has 29 heavy (non-hydrogen) atoms. The third-order valence-electron chi connectivity index (χ3n) is 5.87. The first-order valence-corrected chi connectivity index (χ1v) is 11.5. The average Bonchev–Trinajstić information content (AvgIpc) is 3.57. The van der Waals surface area contributed by atoms with Gasteiger partial charge in [-0.15, -0.1) is 0 Å². The molecular weight excluding hydrogens is 388 g/mol. The van der Waals surface area contributed by atoms with E-state index in [1.54, 1.807) is 12.1 Å². The summed E-state index contributed by atoms with van der Waals surface area (Å²) in [6, 6.07) is 14.5. The third kappa shape index (κ3) is 3.76. The molecule has 6 nitrogen and oxygen atoms in total. The highest BCUT2D eigenvalue weighted by Gasteiger charge is 2.51. The van der Waals surface area contributed by atoms with E-state index in [1.165, 1.54) is 17.5 Å². The molecule has 0 radical (unpaired) electrons. The summed E-state index contributed by atoms with van der Waals surface area (Å²) in [4.78, 5) is 13.1. The van der Waals surface area contributed by atoms with Crippen molar-refractivity contribution in [1.82, 2.24) is 4.31 Å². The van der Waals surface area contributed by atoms with Crippen molar-refractivity contribution in [1.29, 1.82) is 0 Å². The van der Waals surface area contributed by atoms with Crippen LogP contribution in [-0.2, 0) is 20.2 Å². The van der Waals surface area contributed by atoms with Crippen LogP contribution in [0.1, 0.15) is 37.7 Å². The summed E-state index contributed by atoms with van der Waals surface area (Å²) in [7, 11) is -2.22. The van der Waals surface area contributed by atoms with E-state index in [0.717, 1.165) is 37.7 Å². The number of rotatable bonds is 6. The fourth-order valence-corrected chi connectivity index (χ4v) is 5.68. The van der Waals surface area contributed by atoms with E-state index in [1.807, 2.05) is 30.3 Å². The van der Waals surface area contributed by atoms with Crippen LogP contribution in [0.15, 0.2) is 53.4 Å². The average molecular weight is 415 g/mol. The lowest BCUT2D eigenvalue weighted by molar-refractivity contribution is -0.118. The van der Waals surface area contributed by atoms with Crippen molar-refractivity contribution in [2.24, 2.45) is 0 Å². The van der Waals surface area contributed by atoms with Crippen LogP contribution in [0.4, 0.5) is 5.69 Å². The van der Waals surface area contributed by atoms with Gasteiger partial charge in [0.1, 0.15) is 10.6 Å². The first-order chi connectivity index (χ1) is 14.0. The predicted octanol–water partition coefficient (Wildman–Crippen LogP) is 3.54. The van der Waals surface area contributed by atoms with Gasteiger partial charge in [0.25, 0.3) is 0 Å². The Bertz CT molecular complexity index is 995. The van der Waals surface area contributed by atoms with Gasteiger partial charge in [-0.25, -0.2) is 8.42 Å². The molecule has 1 N–H and O–H groups in total. The second-order valence-electron chi connectivity index (χ2n) is 7.73. The van der Waals surface area contributed by atoms with Crippen molar-refractivity contribution < 1.29 is 17.9 Å². The Balaban J connectivity index is 1.61. The first kappa shape index (κ1) is 19.9. The van der Waals surface area contributed by atoms with Crippen molar-refractivity contribution >= 4 is 21.6 Å². The lowest BCUT2D eigenvalue weighted by Gasteiger charge is -2.26. The normalized spacial score (nSPS) is 18.8. The molecule has 154 valence electrons. The number of methoxy groups -OCH3 is 1. The van der Waals surface area contributed by atoms with E-state index in [-0.39, 0.29) is 16.6 Å². The maximum atomic E-state index is 13.2. The molecule has 1 aliphatic heterocycles. The Labute approximate surface area is 171 Å². The molecule has 0 bridgehead atoms. The van der Waals surface area contributed by atoms with Crippen LogP contribution in [0.3, 0.4) is 0 Å². The Hall–Kier alpha value is -2.38. The summed E-state index contributed by atoms with van der Waals surface area (Å²) >= 11 is 0. The van der Waals surface area contributed by atoms with Gasteiger partial charge in [0.2, 0.25) is 15.9 Å². The molecule has 0 spiro atoms. The first-order valence-electron chi connectivity index (χ1n) is 10.0. The fraction of sp³-hybridized carbons (Fsp3) is 0.409. The van der Waals surface area contributed by atoms with Crippen LogP contribution >= 0.6 is 0 Å². The number of sulfonamides is 1. The highest BCUT2D eigenvalue weighted by Crippen LogP contribution is 2.49. The van der Waals surface area contributed by atoms with Crippen LogP contribution in [-0.4, -0.2) is 38.8 Å². The second-order valence-corrected chi connectivity index (χ2v) is 9.64. The fourth-order valence-electron chi connectivity index (χ4n) is 3.98. The molecule has 2 aromatic rings. The number of nitrogens with zero attached hydrogens (tertiary/aromatic N) is 1. The lowest BCUT2D eigenvalue weighted by Crippen LogP contribution is -2.35. The molecule has 0 unspecified atom stereocenters. The minimum Gasteiger partial charge on any atom is -0.495 e. The van der Waals surface area contributed by atoms with Crippen molar-refractivity contribution in [2.75, 3.05) is 25.5 Å². The molecule has 4 rings (SSSR count). The van der Waals surface area contributed by atoms with Gasteiger partial charge >= 0.3 is 0 Å². The Morgan fingerprint density at radius 3 is 2.34 bits per heavy atom. The van der Waals surface area contributed by atoms with Gasteiger partial charge in [-0.1, -0.05) is 36.8 Å². The quantitative estimate of drug-likeness (QED) is 0.784. The number of hydrogen-bond acceptors (Lipinski definition) is 4. The van der Waals surface area contributed by atoms with Gasteiger partial charge in [-0.05, 0) is 49.4 Å². The van der Waals surface area contributed by atoms with Gasteiger partial charge in [0, 0.05) is 18.8 Å². The van der Waals surface area contributed by atoms with E-state index in [0.29, 0.717) is 18.8 Å². The SMILES string of the molecule is COc1ccc(NC(=O)C2(c3ccccc3)CC2)cc1S(=O)(=O)N1CCCCC1. The van der Waals surface area contributed by atoms with Gasteiger partial charge in [-0.3, -0.25) is 4.79 Å². The lowest BCUT2D eigenvalue weighted by atomic mass is 9.95. The minimum absolute atomic E-state index is 0.101. The number of ether oxygens (including phenoxy) is 1. The second kappa shape index (κ2) is 7.80. The molecular formula is C22H26N2O4S. The Morgan fingerprint density at radius 2 is 1.72 bits per heavy atom. The van der Waals surface area contributed by atoms with Crippen molar-refractivity contribution in [2.45, 2.75) is 42.4 Å². The molecule has 1 saturated heterocycles. The number of anilines is 1. The number of piperidine rings is 1. The Kier molecular flexibility index (Phi) is 5.36. The molecule has 1 heterocycles. The summed E-state index contributed by atoms with van der Waals surface area (Å²) in [6.45, 7) is 1.03. The number of amides is 1. The van der Waals surface area contributed by atoms with E-state index in [4.69, 9.17) is 4.74 Å². The zero-order valence-electron chi connectivity index (χ0n) is 16.6. The maximum absolute atomic E-state index is 13.2. The van der Waals surface area contributed by atoms with Gasteiger partial charge in [0.15, 0.2) is 0 Å². The molecule has 0 atom stereocenters. The molecule has 2 aliphatic rings. The molecule has 0 aromatic heterocycles. The Morgan fingerprint density at radius 1 is 1.03 bits per heavy atom. The van der Waals surface area contributed by atoms with Gasteiger partial charge < -0.3 is 10.1 Å². The van der Waals surface area contributed by atoms with E-state index < -0.39 is 15.4 Å². The minimum atomic E-state index is -3.68. The summed E-state index contributed by atoms with van der Waals surface area (Å²) in [6.07, 6.45) is 4.34. The van der Waals surface area contributed by atoms with Crippen LogP contribution in [0.5, 0.6) is 5.75 Å². The monoisotopic (exact) mass is 414 g/mol. The number of hydrogen-bond donors (Lipinski definition) is 1. The number of nitrogens with one attached hydrogen (secondary N) is 1. The van der Waals surface area contributed by atoms with Crippen LogP contribution < -0.4 is 10.1 Å². The van der Waals surface area contributed by atoms with Crippen molar-refractivity contribution in [3.63, 3.8) is 0 Å². The molecule has 2 fully saturated rings. The summed E-state index contributed by atoms with van der Waals surface area (Å²) < 4.78 is 33.2. The largest absolute Gasteiger partial charge is 0.495 e. The highest BCUT2D eigenvalue weighted by atomic mass is 32.2. The third-order valence-corrected chi connectivity index (χ3v) is 7.79. The summed E-state index contributed by atoms with van der Waals surface area (Å²) in [5.74, 6) is 0.188. The smallest absolute Gasteiger partial charge is 0.246 e. The van der Waals surface area contributed by atoms with Gasteiger partial charge in [-0.2, -0.15) is 4.31 Å². The number of carbonyl (C=O) groups is 1. The van der Waals surface area contributed by atoms with Crippen molar-refractivity contribution in [3.8, 4) is 5.75 Å². The standard InChI is InChI=1S/C22H26N2O4S/c1-28-19-11-10-18(16-20(19)29(26,27)24-14-6-3-7-15-24)23-21(25)22(12-13-22)17-8-4-2-5-9-17/h2,4-5,8-11,16H,3,6-7,12-15H2,1H3,(H,23,25). The zero-order chi connectivity index (χ0) is 20.5. The number of benzene rings is 2. The number of carbonyl (C=O) groups excluding carboxylic acids is 1. The van der Waals surface area contributed by atoms with E-state index in [9.17, 15) is 13.2 Å². The van der Waals surface area contributed by atoms with E-state index in [2.05, 4.69) is 5.32 Å². The van der Waals surface area contributed by atoms with Crippen LogP contribution in [0.2, 0.25) is 0 Å². The van der Waals surface area contributed by atoms with Gasteiger partial charge in [0.05, 0.1) is 12.5 Å². The summed E-state index contributed by atoms with van der Waals surface area (Å²) in [5.41, 5.74) is 0.938. The molecule has 7 heteroatoms. The molecule has 1 aliphatic carbocycles.